The Morgan fingerprint density at radius 1 is 1.11 bits per heavy atom. The molecule has 1 aliphatic heterocycles. The van der Waals surface area contributed by atoms with Crippen molar-refractivity contribution in [3.05, 3.63) is 94.8 Å². The van der Waals surface area contributed by atoms with Gasteiger partial charge in [-0.2, -0.15) is 0 Å². The van der Waals surface area contributed by atoms with Gasteiger partial charge in [0.2, 0.25) is 0 Å². The van der Waals surface area contributed by atoms with Gasteiger partial charge in [0.05, 0.1) is 28.9 Å². The zero-order valence-electron chi connectivity index (χ0n) is 19.0. The van der Waals surface area contributed by atoms with Gasteiger partial charge >= 0.3 is 5.91 Å². The maximum atomic E-state index is 13.5. The Hall–Kier alpha value is -4.04. The third kappa shape index (κ3) is 3.95. The molecule has 176 valence electrons. The Kier molecular flexibility index (Phi) is 5.82. The number of carbonyl (C=O) groups excluding carboxylic acids is 2. The molecule has 2 heterocycles. The summed E-state index contributed by atoms with van der Waals surface area (Å²) in [5.74, 6) is -1.96. The van der Waals surface area contributed by atoms with Crippen LogP contribution in [0.4, 0.5) is 9.52 Å². The van der Waals surface area contributed by atoms with Gasteiger partial charge in [-0.15, -0.1) is 0 Å². The number of methoxy groups -OCH3 is 1. The Labute approximate surface area is 204 Å². The third-order valence-corrected chi connectivity index (χ3v) is 7.04. The fourth-order valence-electron chi connectivity index (χ4n) is 4.20. The fourth-order valence-corrected chi connectivity index (χ4v) is 5.26. The van der Waals surface area contributed by atoms with Crippen LogP contribution >= 0.6 is 11.3 Å². The minimum atomic E-state index is -0.943. The quantitative estimate of drug-likeness (QED) is 0.224. The van der Waals surface area contributed by atoms with Crippen molar-refractivity contribution in [3.8, 4) is 5.75 Å². The number of aliphatic hydroxyl groups excluding tert-OH is 1. The van der Waals surface area contributed by atoms with Crippen molar-refractivity contribution in [3.63, 3.8) is 0 Å². The molecule has 1 fully saturated rings. The van der Waals surface area contributed by atoms with Gasteiger partial charge in [0, 0.05) is 5.56 Å². The van der Waals surface area contributed by atoms with Gasteiger partial charge in [-0.1, -0.05) is 36.5 Å². The third-order valence-electron chi connectivity index (χ3n) is 6.03. The minimum Gasteiger partial charge on any atom is -0.507 e. The molecule has 0 radical (unpaired) electrons. The van der Waals surface area contributed by atoms with Crippen LogP contribution in [0.3, 0.4) is 0 Å². The average Bonchev–Trinajstić information content (AvgIpc) is 3.41. The van der Waals surface area contributed by atoms with E-state index in [2.05, 4.69) is 11.9 Å². The summed E-state index contributed by atoms with van der Waals surface area (Å²) in [6.45, 7) is 2.06. The Morgan fingerprint density at radius 2 is 1.89 bits per heavy atom. The number of aromatic nitrogens is 1. The number of carbonyl (C=O) groups is 2. The first-order valence-corrected chi connectivity index (χ1v) is 11.8. The van der Waals surface area contributed by atoms with Gasteiger partial charge in [-0.25, -0.2) is 9.37 Å². The van der Waals surface area contributed by atoms with E-state index in [-0.39, 0.29) is 16.9 Å². The molecule has 0 unspecified atom stereocenters. The summed E-state index contributed by atoms with van der Waals surface area (Å²) in [6, 6.07) is 17.0. The molecule has 4 aromatic rings. The van der Waals surface area contributed by atoms with E-state index in [4.69, 9.17) is 4.74 Å². The minimum absolute atomic E-state index is 0.0941. The first-order chi connectivity index (χ1) is 16.9. The highest BCUT2D eigenvalue weighted by Gasteiger charge is 2.48. The van der Waals surface area contributed by atoms with E-state index in [9.17, 15) is 19.1 Å². The number of hydrogen-bond donors (Lipinski definition) is 1. The molecule has 0 saturated carbocycles. The lowest BCUT2D eigenvalue weighted by atomic mass is 9.95. The summed E-state index contributed by atoms with van der Waals surface area (Å²) in [5, 5.41) is 11.5. The molecule has 1 amide bonds. The van der Waals surface area contributed by atoms with Gasteiger partial charge < -0.3 is 9.84 Å². The van der Waals surface area contributed by atoms with Crippen LogP contribution in [0, 0.1) is 5.82 Å². The topological polar surface area (TPSA) is 79.7 Å². The molecule has 0 bridgehead atoms. The van der Waals surface area contributed by atoms with E-state index in [0.29, 0.717) is 22.0 Å². The largest absolute Gasteiger partial charge is 0.507 e. The van der Waals surface area contributed by atoms with Crippen molar-refractivity contribution in [2.45, 2.75) is 19.4 Å². The van der Waals surface area contributed by atoms with Crippen LogP contribution in [-0.4, -0.2) is 28.9 Å². The standard InChI is InChI=1S/C27H21FN2O4S/c1-3-15-7-12-20-21(13-15)35-27(29-20)30-23(17-5-4-6-19(14-17)34-2)22(25(32)26(30)33)24(31)16-8-10-18(28)11-9-16/h4-14,23,31H,3H2,1-2H3/b24-22+/t23-/m0/s1. The number of hydrogen-bond acceptors (Lipinski definition) is 6. The molecule has 1 N–H and O–H groups in total. The van der Waals surface area contributed by atoms with Crippen LogP contribution in [0.2, 0.25) is 0 Å². The molecule has 35 heavy (non-hydrogen) atoms. The number of halogens is 1. The van der Waals surface area contributed by atoms with Crippen LogP contribution in [0.15, 0.2) is 72.3 Å². The highest BCUT2D eigenvalue weighted by atomic mass is 32.1. The van der Waals surface area contributed by atoms with Crippen LogP contribution in [0.5, 0.6) is 5.75 Å². The van der Waals surface area contributed by atoms with Crippen molar-refractivity contribution >= 4 is 44.1 Å². The monoisotopic (exact) mass is 488 g/mol. The summed E-state index contributed by atoms with van der Waals surface area (Å²) >= 11 is 1.31. The number of benzene rings is 3. The van der Waals surface area contributed by atoms with Crippen molar-refractivity contribution in [2.75, 3.05) is 12.0 Å². The summed E-state index contributed by atoms with van der Waals surface area (Å²) in [5.41, 5.74) is 2.56. The lowest BCUT2D eigenvalue weighted by Crippen LogP contribution is -2.29. The lowest BCUT2D eigenvalue weighted by Gasteiger charge is -2.23. The fraction of sp³-hybridized carbons (Fsp3) is 0.148. The molecule has 0 aliphatic carbocycles. The number of anilines is 1. The summed E-state index contributed by atoms with van der Waals surface area (Å²) in [4.78, 5) is 32.6. The van der Waals surface area contributed by atoms with E-state index < -0.39 is 23.5 Å². The average molecular weight is 489 g/mol. The van der Waals surface area contributed by atoms with Crippen molar-refractivity contribution in [1.82, 2.24) is 4.98 Å². The maximum Gasteiger partial charge on any atom is 0.301 e. The van der Waals surface area contributed by atoms with Crippen LogP contribution < -0.4 is 9.64 Å². The molecule has 3 aromatic carbocycles. The summed E-state index contributed by atoms with van der Waals surface area (Å²) in [7, 11) is 1.52. The highest BCUT2D eigenvalue weighted by molar-refractivity contribution is 7.22. The number of rotatable bonds is 5. The predicted molar refractivity (Wildman–Crippen MR) is 133 cm³/mol. The number of ether oxygens (including phenoxy) is 1. The zero-order valence-corrected chi connectivity index (χ0v) is 19.8. The normalized spacial score (nSPS) is 17.3. The number of ketones is 1. The zero-order chi connectivity index (χ0) is 24.7. The van der Waals surface area contributed by atoms with Gasteiger partial charge in [-0.3, -0.25) is 14.5 Å². The smallest absolute Gasteiger partial charge is 0.301 e. The van der Waals surface area contributed by atoms with Crippen molar-refractivity contribution < 1.29 is 23.8 Å². The van der Waals surface area contributed by atoms with Crippen molar-refractivity contribution in [2.24, 2.45) is 0 Å². The molecule has 5 rings (SSSR count). The van der Waals surface area contributed by atoms with Gasteiger partial charge in [0.15, 0.2) is 5.13 Å². The summed E-state index contributed by atoms with van der Waals surface area (Å²) < 4.78 is 19.7. The van der Waals surface area contributed by atoms with E-state index in [1.54, 1.807) is 24.3 Å². The van der Waals surface area contributed by atoms with Gasteiger partial charge in [0.1, 0.15) is 17.3 Å². The van der Waals surface area contributed by atoms with E-state index >= 15 is 0 Å². The second-order valence-electron chi connectivity index (χ2n) is 8.10. The second-order valence-corrected chi connectivity index (χ2v) is 9.11. The molecule has 6 nitrogen and oxygen atoms in total. The lowest BCUT2D eigenvalue weighted by molar-refractivity contribution is -0.132. The molecule has 1 atom stereocenters. The van der Waals surface area contributed by atoms with Gasteiger partial charge in [0.25, 0.3) is 5.78 Å². The van der Waals surface area contributed by atoms with Crippen LogP contribution in [0.25, 0.3) is 16.0 Å². The number of Topliss-reactive ketones (excluding diaryl/α,β-unsaturated/α-hetero) is 1. The molecular weight excluding hydrogens is 467 g/mol. The van der Waals surface area contributed by atoms with Crippen LogP contribution in [-0.2, 0) is 16.0 Å². The van der Waals surface area contributed by atoms with Crippen LogP contribution in [0.1, 0.15) is 29.7 Å². The van der Waals surface area contributed by atoms with E-state index in [1.165, 1.54) is 47.6 Å². The number of nitrogens with zero attached hydrogens (tertiary/aromatic N) is 2. The van der Waals surface area contributed by atoms with Crippen molar-refractivity contribution in [1.29, 1.82) is 0 Å². The molecular formula is C27H21FN2O4S. The molecule has 1 saturated heterocycles. The Morgan fingerprint density at radius 3 is 2.60 bits per heavy atom. The molecule has 1 aromatic heterocycles. The van der Waals surface area contributed by atoms with E-state index in [1.807, 2.05) is 18.2 Å². The molecule has 0 spiro atoms. The molecule has 8 heteroatoms. The number of aryl methyl sites for hydroxylation is 1. The molecule has 1 aliphatic rings. The number of thiazole rings is 1. The van der Waals surface area contributed by atoms with E-state index in [0.717, 1.165) is 16.7 Å². The second kappa shape index (κ2) is 8.96. The number of aliphatic hydroxyl groups is 1. The Balaban J connectivity index is 1.72. The summed E-state index contributed by atoms with van der Waals surface area (Å²) in [6.07, 6.45) is 0.856. The maximum absolute atomic E-state index is 13.5. The predicted octanol–water partition coefficient (Wildman–Crippen LogP) is 5.63. The SMILES string of the molecule is CCc1ccc2nc(N3C(=O)C(=O)/C(=C(/O)c4ccc(F)cc4)[C@@H]3c3cccc(OC)c3)sc2c1. The number of fused-ring (bicyclic) bond motifs is 1. The first-order valence-electron chi connectivity index (χ1n) is 11.0. The Bertz CT molecular complexity index is 1490. The highest BCUT2D eigenvalue weighted by Crippen LogP contribution is 2.44. The van der Waals surface area contributed by atoms with Gasteiger partial charge in [-0.05, 0) is 66.1 Å². The first kappa shape index (κ1) is 22.7. The number of amides is 1.